The molecule has 108 valence electrons. The van der Waals surface area contributed by atoms with E-state index in [1.54, 1.807) is 4.90 Å². The molecule has 2 heterocycles. The fourth-order valence-corrected chi connectivity index (χ4v) is 2.75. The van der Waals surface area contributed by atoms with Crippen molar-refractivity contribution in [3.63, 3.8) is 0 Å². The third-order valence-electron chi connectivity index (χ3n) is 3.67. The van der Waals surface area contributed by atoms with E-state index in [9.17, 15) is 9.59 Å². The molecular formula is C14H13ClN4O2. The van der Waals surface area contributed by atoms with Crippen molar-refractivity contribution in [2.24, 2.45) is 11.7 Å². The summed E-state index contributed by atoms with van der Waals surface area (Å²) in [6.45, 7) is 0.952. The Bertz CT molecular complexity index is 734. The average molecular weight is 305 g/mol. The number of primary amides is 1. The van der Waals surface area contributed by atoms with Crippen LogP contribution in [0.3, 0.4) is 0 Å². The first-order valence-electron chi connectivity index (χ1n) is 6.53. The van der Waals surface area contributed by atoms with Gasteiger partial charge in [-0.3, -0.25) is 9.59 Å². The fourth-order valence-electron chi connectivity index (χ4n) is 2.55. The normalized spacial score (nSPS) is 18.4. The van der Waals surface area contributed by atoms with E-state index >= 15 is 0 Å². The largest absolute Gasteiger partial charge is 0.369 e. The molecule has 0 spiro atoms. The molecule has 7 heteroatoms. The fraction of sp³-hybridized carbons (Fsp3) is 0.286. The monoisotopic (exact) mass is 304 g/mol. The number of benzene rings is 1. The van der Waals surface area contributed by atoms with Crippen LogP contribution in [0.4, 0.5) is 0 Å². The van der Waals surface area contributed by atoms with Crippen LogP contribution in [0.25, 0.3) is 10.9 Å². The summed E-state index contributed by atoms with van der Waals surface area (Å²) >= 11 is 6.05. The predicted molar refractivity (Wildman–Crippen MR) is 77.3 cm³/mol. The Morgan fingerprint density at radius 3 is 2.95 bits per heavy atom. The summed E-state index contributed by atoms with van der Waals surface area (Å²) in [4.78, 5) is 32.9. The van der Waals surface area contributed by atoms with Gasteiger partial charge in [-0.05, 0) is 24.1 Å². The summed E-state index contributed by atoms with van der Waals surface area (Å²) in [6, 6.07) is 5.59. The van der Waals surface area contributed by atoms with Gasteiger partial charge in [-0.25, -0.2) is 9.97 Å². The topological polar surface area (TPSA) is 89.2 Å². The van der Waals surface area contributed by atoms with Crippen LogP contribution in [-0.4, -0.2) is 33.2 Å². The van der Waals surface area contributed by atoms with Crippen molar-refractivity contribution in [1.29, 1.82) is 0 Å². The molecule has 6 nitrogen and oxygen atoms in total. The summed E-state index contributed by atoms with van der Waals surface area (Å²) in [5.74, 6) is -1.46. The van der Waals surface area contributed by atoms with E-state index in [1.165, 1.54) is 6.33 Å². The highest BCUT2D eigenvalue weighted by atomic mass is 35.5. The minimum Gasteiger partial charge on any atom is -0.369 e. The first kappa shape index (κ1) is 13.8. The number of rotatable bonds is 3. The second-order valence-corrected chi connectivity index (χ2v) is 5.38. The predicted octanol–water partition coefficient (Wildman–Crippen LogP) is 1.12. The summed E-state index contributed by atoms with van der Waals surface area (Å²) in [6.07, 6.45) is 1.89. The zero-order valence-electron chi connectivity index (χ0n) is 11.1. The third-order valence-corrected chi connectivity index (χ3v) is 3.97. The number of carbonyl (C=O) groups is 2. The molecule has 2 N–H and O–H groups in total. The van der Waals surface area contributed by atoms with Crippen molar-refractivity contribution in [2.45, 2.75) is 13.0 Å². The zero-order valence-corrected chi connectivity index (χ0v) is 11.9. The van der Waals surface area contributed by atoms with E-state index in [2.05, 4.69) is 9.97 Å². The Kier molecular flexibility index (Phi) is 3.47. The molecule has 21 heavy (non-hydrogen) atoms. The lowest BCUT2D eigenvalue weighted by atomic mass is 10.1. The van der Waals surface area contributed by atoms with Gasteiger partial charge in [-0.15, -0.1) is 0 Å². The molecule has 1 fully saturated rings. The van der Waals surface area contributed by atoms with E-state index in [-0.39, 0.29) is 5.91 Å². The standard InChI is InChI=1S/C14H13ClN4O2/c15-12-10-5-8(1-2-11(10)17-7-18-12)6-19-4-3-9(13(16)20)14(19)21/h1-2,5,7,9H,3-4,6H2,(H2,16,20). The maximum absolute atomic E-state index is 12.1. The van der Waals surface area contributed by atoms with Gasteiger partial charge in [-0.2, -0.15) is 0 Å². The minimum absolute atomic E-state index is 0.210. The van der Waals surface area contributed by atoms with Crippen LogP contribution in [0.5, 0.6) is 0 Å². The number of fused-ring (bicyclic) bond motifs is 1. The van der Waals surface area contributed by atoms with Crippen LogP contribution in [-0.2, 0) is 16.1 Å². The van der Waals surface area contributed by atoms with Gasteiger partial charge < -0.3 is 10.6 Å². The third kappa shape index (κ3) is 2.54. The number of nitrogens with two attached hydrogens (primary N) is 1. The van der Waals surface area contributed by atoms with E-state index in [1.807, 2.05) is 18.2 Å². The van der Waals surface area contributed by atoms with Gasteiger partial charge in [0.2, 0.25) is 11.8 Å². The SMILES string of the molecule is NC(=O)C1CCN(Cc2ccc3ncnc(Cl)c3c2)C1=O. The first-order chi connectivity index (χ1) is 10.1. The number of hydrogen-bond acceptors (Lipinski definition) is 4. The Morgan fingerprint density at radius 2 is 2.24 bits per heavy atom. The number of likely N-dealkylation sites (tertiary alicyclic amines) is 1. The van der Waals surface area contributed by atoms with Gasteiger partial charge in [0.15, 0.2) is 0 Å². The van der Waals surface area contributed by atoms with Crippen LogP contribution in [0, 0.1) is 5.92 Å². The molecule has 1 aromatic heterocycles. The number of hydrogen-bond donors (Lipinski definition) is 1. The van der Waals surface area contributed by atoms with Crippen molar-refractivity contribution in [3.8, 4) is 0 Å². The van der Waals surface area contributed by atoms with Crippen molar-refractivity contribution in [2.75, 3.05) is 6.54 Å². The highest BCUT2D eigenvalue weighted by Gasteiger charge is 2.35. The Labute approximate surface area is 125 Å². The second-order valence-electron chi connectivity index (χ2n) is 5.02. The first-order valence-corrected chi connectivity index (χ1v) is 6.91. The Balaban J connectivity index is 1.84. The lowest BCUT2D eigenvalue weighted by Gasteiger charge is -2.16. The highest BCUT2D eigenvalue weighted by molar-refractivity contribution is 6.34. The summed E-state index contributed by atoms with van der Waals surface area (Å²) in [5.41, 5.74) is 6.88. The molecule has 1 atom stereocenters. The number of halogens is 1. The molecule has 0 aliphatic carbocycles. The Morgan fingerprint density at radius 1 is 1.43 bits per heavy atom. The maximum Gasteiger partial charge on any atom is 0.235 e. The zero-order chi connectivity index (χ0) is 15.0. The number of amides is 2. The minimum atomic E-state index is -0.697. The quantitative estimate of drug-likeness (QED) is 0.679. The van der Waals surface area contributed by atoms with Crippen molar-refractivity contribution < 1.29 is 9.59 Å². The molecule has 1 saturated heterocycles. The summed E-state index contributed by atoms with van der Waals surface area (Å²) in [5, 5.41) is 1.12. The molecule has 1 aromatic carbocycles. The lowest BCUT2D eigenvalue weighted by molar-refractivity contribution is -0.136. The number of carbonyl (C=O) groups excluding carboxylic acids is 2. The molecule has 0 radical (unpaired) electrons. The second kappa shape index (κ2) is 5.29. The number of nitrogens with zero attached hydrogens (tertiary/aromatic N) is 3. The number of aromatic nitrogens is 2. The van der Waals surface area contributed by atoms with Crippen LogP contribution in [0.1, 0.15) is 12.0 Å². The molecule has 2 amide bonds. The molecular weight excluding hydrogens is 292 g/mol. The van der Waals surface area contributed by atoms with E-state index in [0.29, 0.717) is 24.7 Å². The van der Waals surface area contributed by atoms with Crippen molar-refractivity contribution in [1.82, 2.24) is 14.9 Å². The van der Waals surface area contributed by atoms with Gasteiger partial charge in [0.05, 0.1) is 5.52 Å². The average Bonchev–Trinajstić information content (AvgIpc) is 2.81. The van der Waals surface area contributed by atoms with Crippen molar-refractivity contribution in [3.05, 3.63) is 35.2 Å². The van der Waals surface area contributed by atoms with E-state index in [4.69, 9.17) is 17.3 Å². The Hall–Kier alpha value is -2.21. The van der Waals surface area contributed by atoms with Gasteiger partial charge in [0.25, 0.3) is 0 Å². The van der Waals surface area contributed by atoms with Gasteiger partial charge in [-0.1, -0.05) is 17.7 Å². The molecule has 1 aliphatic heterocycles. The summed E-state index contributed by atoms with van der Waals surface area (Å²) < 4.78 is 0. The van der Waals surface area contributed by atoms with Crippen LogP contribution in [0.15, 0.2) is 24.5 Å². The van der Waals surface area contributed by atoms with Crippen LogP contribution < -0.4 is 5.73 Å². The van der Waals surface area contributed by atoms with Crippen LogP contribution in [0.2, 0.25) is 5.15 Å². The van der Waals surface area contributed by atoms with Crippen LogP contribution >= 0.6 is 11.6 Å². The van der Waals surface area contributed by atoms with Gasteiger partial charge in [0.1, 0.15) is 17.4 Å². The molecule has 0 bridgehead atoms. The molecule has 1 unspecified atom stereocenters. The van der Waals surface area contributed by atoms with E-state index < -0.39 is 11.8 Å². The highest BCUT2D eigenvalue weighted by Crippen LogP contribution is 2.24. The maximum atomic E-state index is 12.1. The van der Waals surface area contributed by atoms with E-state index in [0.717, 1.165) is 16.5 Å². The molecule has 0 saturated carbocycles. The van der Waals surface area contributed by atoms with Crippen molar-refractivity contribution >= 4 is 34.3 Å². The lowest BCUT2D eigenvalue weighted by Crippen LogP contribution is -2.33. The smallest absolute Gasteiger partial charge is 0.235 e. The molecule has 3 rings (SSSR count). The molecule has 1 aliphatic rings. The summed E-state index contributed by atoms with van der Waals surface area (Å²) in [7, 11) is 0. The van der Waals surface area contributed by atoms with Gasteiger partial charge in [0, 0.05) is 18.5 Å². The molecule has 2 aromatic rings. The van der Waals surface area contributed by atoms with Gasteiger partial charge >= 0.3 is 0 Å².